The highest BCUT2D eigenvalue weighted by Gasteiger charge is 2.32. The second kappa shape index (κ2) is 12.7. The monoisotopic (exact) mass is 414 g/mol. The van der Waals surface area contributed by atoms with E-state index in [1.165, 1.54) is 4.90 Å². The Hall–Kier alpha value is -1.80. The Morgan fingerprint density at radius 1 is 1.17 bits per heavy atom. The molecule has 0 aromatic heterocycles. The molecule has 0 bridgehead atoms. The third kappa shape index (κ3) is 10.5. The smallest absolute Gasteiger partial charge is 0.375 e. The van der Waals surface area contributed by atoms with Crippen molar-refractivity contribution in [2.45, 2.75) is 39.0 Å². The Labute approximate surface area is 171 Å². The van der Waals surface area contributed by atoms with Gasteiger partial charge < -0.3 is 15.4 Å². The summed E-state index contributed by atoms with van der Waals surface area (Å²) >= 11 is 0. The van der Waals surface area contributed by atoms with Crippen molar-refractivity contribution >= 4 is 5.96 Å². The maximum Gasteiger partial charge on any atom is 0.401 e. The first-order valence-electron chi connectivity index (χ1n) is 10.4. The van der Waals surface area contributed by atoms with Gasteiger partial charge in [-0.25, -0.2) is 0 Å². The van der Waals surface area contributed by atoms with Gasteiger partial charge in [0.05, 0.1) is 19.8 Å². The topological polar surface area (TPSA) is 48.9 Å². The second-order valence-electron chi connectivity index (χ2n) is 7.35. The van der Waals surface area contributed by atoms with Gasteiger partial charge in [-0.2, -0.15) is 13.2 Å². The van der Waals surface area contributed by atoms with Gasteiger partial charge in [-0.05, 0) is 50.8 Å². The van der Waals surface area contributed by atoms with E-state index in [0.717, 1.165) is 37.3 Å². The minimum atomic E-state index is -4.10. The van der Waals surface area contributed by atoms with Crippen molar-refractivity contribution in [1.82, 2.24) is 15.5 Å². The third-order valence-electron chi connectivity index (χ3n) is 4.91. The number of halogens is 3. The molecule has 0 radical (unpaired) electrons. The zero-order valence-electron chi connectivity index (χ0n) is 17.2. The number of hydrogen-bond acceptors (Lipinski definition) is 3. The van der Waals surface area contributed by atoms with Gasteiger partial charge >= 0.3 is 6.18 Å². The average Bonchev–Trinajstić information content (AvgIpc) is 2.68. The number of ether oxygens (including phenoxy) is 1. The molecule has 0 atom stereocenters. The van der Waals surface area contributed by atoms with E-state index < -0.39 is 12.7 Å². The van der Waals surface area contributed by atoms with Crippen molar-refractivity contribution in [3.63, 3.8) is 0 Å². The Morgan fingerprint density at radius 3 is 2.55 bits per heavy atom. The molecule has 1 aliphatic rings. The number of benzene rings is 1. The van der Waals surface area contributed by atoms with E-state index in [2.05, 4.69) is 15.6 Å². The van der Waals surface area contributed by atoms with Gasteiger partial charge in [0.15, 0.2) is 5.96 Å². The Bertz CT molecular complexity index is 587. The summed E-state index contributed by atoms with van der Waals surface area (Å²) in [6.07, 6.45) is -1.58. The molecule has 0 spiro atoms. The van der Waals surface area contributed by atoms with Gasteiger partial charge in [0.25, 0.3) is 0 Å². The maximum atomic E-state index is 12.5. The minimum Gasteiger partial charge on any atom is -0.375 e. The van der Waals surface area contributed by atoms with Crippen molar-refractivity contribution < 1.29 is 17.9 Å². The van der Waals surface area contributed by atoms with Crippen LogP contribution in [0.15, 0.2) is 35.3 Å². The van der Waals surface area contributed by atoms with Crippen molar-refractivity contribution in [2.24, 2.45) is 10.9 Å². The van der Waals surface area contributed by atoms with Crippen LogP contribution in [0.25, 0.3) is 0 Å². The van der Waals surface area contributed by atoms with Crippen LogP contribution in [0.3, 0.4) is 0 Å². The Morgan fingerprint density at radius 2 is 1.90 bits per heavy atom. The molecular formula is C21H33F3N4O. The van der Waals surface area contributed by atoms with Crippen LogP contribution in [0.4, 0.5) is 13.2 Å². The van der Waals surface area contributed by atoms with Crippen molar-refractivity contribution in [1.29, 1.82) is 0 Å². The fraction of sp³-hybridized carbons (Fsp3) is 0.667. The summed E-state index contributed by atoms with van der Waals surface area (Å²) in [5.74, 6) is 1.20. The predicted octanol–water partition coefficient (Wildman–Crippen LogP) is 3.42. The van der Waals surface area contributed by atoms with E-state index in [0.29, 0.717) is 45.3 Å². The van der Waals surface area contributed by atoms with E-state index >= 15 is 0 Å². The molecule has 1 fully saturated rings. The lowest BCUT2D eigenvalue weighted by Gasteiger charge is -2.32. The van der Waals surface area contributed by atoms with E-state index in [-0.39, 0.29) is 0 Å². The van der Waals surface area contributed by atoms with Gasteiger partial charge in [-0.3, -0.25) is 9.89 Å². The molecule has 2 N–H and O–H groups in total. The van der Waals surface area contributed by atoms with Crippen LogP contribution in [-0.2, 0) is 11.3 Å². The standard InChI is InChI=1S/C21H33F3N4O/c1-2-25-20(27-12-15-29-16-19-6-4-3-5-7-19)26-11-8-18-9-13-28(14-10-18)17-21(22,23)24/h3-7,18H,2,8-17H2,1H3,(H2,25,26,27). The van der Waals surface area contributed by atoms with E-state index in [1.54, 1.807) is 0 Å². The lowest BCUT2D eigenvalue weighted by Crippen LogP contribution is -2.40. The predicted molar refractivity (Wildman–Crippen MR) is 110 cm³/mol. The fourth-order valence-corrected chi connectivity index (χ4v) is 3.39. The first-order valence-corrected chi connectivity index (χ1v) is 10.4. The Kier molecular flexibility index (Phi) is 10.3. The number of aliphatic imine (C=N–C) groups is 1. The van der Waals surface area contributed by atoms with Crippen LogP contribution in [0.1, 0.15) is 31.7 Å². The summed E-state index contributed by atoms with van der Waals surface area (Å²) in [5, 5.41) is 6.47. The van der Waals surface area contributed by atoms with Crippen LogP contribution in [-0.4, -0.2) is 62.9 Å². The van der Waals surface area contributed by atoms with Crippen LogP contribution >= 0.6 is 0 Å². The fourth-order valence-electron chi connectivity index (χ4n) is 3.39. The summed E-state index contributed by atoms with van der Waals surface area (Å²) in [5.41, 5.74) is 1.15. The van der Waals surface area contributed by atoms with Gasteiger partial charge in [0, 0.05) is 19.6 Å². The summed E-state index contributed by atoms with van der Waals surface area (Å²) in [6.45, 7) is 5.53. The van der Waals surface area contributed by atoms with E-state index in [4.69, 9.17) is 4.74 Å². The van der Waals surface area contributed by atoms with Crippen LogP contribution in [0.2, 0.25) is 0 Å². The normalized spacial score (nSPS) is 16.8. The maximum absolute atomic E-state index is 12.5. The van der Waals surface area contributed by atoms with Crippen LogP contribution in [0.5, 0.6) is 0 Å². The summed E-state index contributed by atoms with van der Waals surface area (Å²) in [4.78, 5) is 6.09. The molecule has 1 saturated heterocycles. The quantitative estimate of drug-likeness (QED) is 0.350. The average molecular weight is 415 g/mol. The molecular weight excluding hydrogens is 381 g/mol. The Balaban J connectivity index is 1.60. The lowest BCUT2D eigenvalue weighted by atomic mass is 9.93. The third-order valence-corrected chi connectivity index (χ3v) is 4.91. The van der Waals surface area contributed by atoms with E-state index in [9.17, 15) is 13.2 Å². The van der Waals surface area contributed by atoms with Crippen LogP contribution in [0, 0.1) is 5.92 Å². The zero-order chi connectivity index (χ0) is 21.0. The molecule has 0 unspecified atom stereocenters. The van der Waals surface area contributed by atoms with Crippen molar-refractivity contribution in [3.05, 3.63) is 35.9 Å². The molecule has 1 heterocycles. The zero-order valence-corrected chi connectivity index (χ0v) is 17.2. The molecule has 0 amide bonds. The molecule has 164 valence electrons. The first-order chi connectivity index (χ1) is 14.0. The molecule has 2 rings (SSSR count). The van der Waals surface area contributed by atoms with Gasteiger partial charge in [-0.15, -0.1) is 0 Å². The highest BCUT2D eigenvalue weighted by Crippen LogP contribution is 2.24. The number of guanidine groups is 1. The number of piperidine rings is 1. The van der Waals surface area contributed by atoms with Crippen molar-refractivity contribution in [3.8, 4) is 0 Å². The molecule has 0 saturated carbocycles. The molecule has 29 heavy (non-hydrogen) atoms. The molecule has 1 aromatic carbocycles. The summed E-state index contributed by atoms with van der Waals surface area (Å²) in [6, 6.07) is 10.0. The molecule has 5 nitrogen and oxygen atoms in total. The molecule has 1 aromatic rings. The number of nitrogens with one attached hydrogen (secondary N) is 2. The number of rotatable bonds is 10. The minimum absolute atomic E-state index is 0.445. The van der Waals surface area contributed by atoms with Gasteiger partial charge in [-0.1, -0.05) is 30.3 Å². The molecule has 1 aliphatic heterocycles. The highest BCUT2D eigenvalue weighted by molar-refractivity contribution is 5.79. The SMILES string of the molecule is CCNC(=NCCC1CCN(CC(F)(F)F)CC1)NCCOCc1ccccc1. The number of nitrogens with zero attached hydrogens (tertiary/aromatic N) is 2. The number of hydrogen-bond donors (Lipinski definition) is 2. The molecule has 8 heteroatoms. The highest BCUT2D eigenvalue weighted by atomic mass is 19.4. The number of alkyl halides is 3. The number of likely N-dealkylation sites (tertiary alicyclic amines) is 1. The van der Waals surface area contributed by atoms with Crippen LogP contribution < -0.4 is 10.6 Å². The van der Waals surface area contributed by atoms with Gasteiger partial charge in [0.1, 0.15) is 0 Å². The van der Waals surface area contributed by atoms with Gasteiger partial charge in [0.2, 0.25) is 0 Å². The lowest BCUT2D eigenvalue weighted by molar-refractivity contribution is -0.148. The first kappa shape index (κ1) is 23.5. The van der Waals surface area contributed by atoms with E-state index in [1.807, 2.05) is 37.3 Å². The molecule has 0 aliphatic carbocycles. The largest absolute Gasteiger partial charge is 0.401 e. The van der Waals surface area contributed by atoms with Crippen molar-refractivity contribution in [2.75, 3.05) is 45.9 Å². The summed E-state index contributed by atoms with van der Waals surface area (Å²) < 4.78 is 43.0. The second-order valence-corrected chi connectivity index (χ2v) is 7.35. The summed E-state index contributed by atoms with van der Waals surface area (Å²) in [7, 11) is 0.